The van der Waals surface area contributed by atoms with Gasteiger partial charge in [-0.2, -0.15) is 0 Å². The number of rotatable bonds is 2. The monoisotopic (exact) mass is 403 g/mol. The van der Waals surface area contributed by atoms with Crippen LogP contribution < -0.4 is 11.5 Å². The van der Waals surface area contributed by atoms with E-state index in [2.05, 4.69) is 0 Å². The van der Waals surface area contributed by atoms with E-state index >= 15 is 0 Å². The van der Waals surface area contributed by atoms with E-state index in [1.165, 1.54) is 0 Å². The van der Waals surface area contributed by atoms with Crippen LogP contribution >= 0.6 is 0 Å². The third-order valence-electron chi connectivity index (χ3n) is 2.32. The first-order valence-electron chi connectivity index (χ1n) is 4.22. The zero-order valence-electron chi connectivity index (χ0n) is 9.01. The van der Waals surface area contributed by atoms with Gasteiger partial charge in [-0.05, 0) is 13.8 Å². The Kier molecular flexibility index (Phi) is 10.7. The molecule has 6 nitrogen and oxygen atoms in total. The van der Waals surface area contributed by atoms with Crippen molar-refractivity contribution in [2.24, 2.45) is 16.9 Å². The fraction of sp³-hybridized carbons (Fsp3) is 1.00. The van der Waals surface area contributed by atoms with E-state index in [0.29, 0.717) is 26.3 Å². The Morgan fingerprint density at radius 2 is 1.33 bits per heavy atom. The first-order chi connectivity index (χ1) is 5.54. The number of hydrogen-bond donors (Lipinski definition) is 2. The molecule has 0 atom stereocenters. The van der Waals surface area contributed by atoms with Crippen molar-refractivity contribution in [1.29, 1.82) is 0 Å². The Labute approximate surface area is 105 Å². The molecule has 0 aromatic carbocycles. The molecule has 0 amide bonds. The van der Waals surface area contributed by atoms with E-state index in [-0.39, 0.29) is 37.4 Å². The SMILES string of the molecule is CC1(C)OCC(CN)(CN)CO1.[OH-].[OH-].[Pt+2]. The maximum atomic E-state index is 5.60. The fourth-order valence-electron chi connectivity index (χ4n) is 1.06. The summed E-state index contributed by atoms with van der Waals surface area (Å²) in [5.41, 5.74) is 11.0. The van der Waals surface area contributed by atoms with Gasteiger partial charge in [0.25, 0.3) is 0 Å². The van der Waals surface area contributed by atoms with Crippen molar-refractivity contribution >= 4 is 0 Å². The number of nitrogens with two attached hydrogens (primary N) is 2. The Bertz CT molecular complexity index is 153. The van der Waals surface area contributed by atoms with Gasteiger partial charge in [0, 0.05) is 18.5 Å². The summed E-state index contributed by atoms with van der Waals surface area (Å²) in [6.45, 7) is 5.99. The van der Waals surface area contributed by atoms with Crippen molar-refractivity contribution in [3.05, 3.63) is 0 Å². The Balaban J connectivity index is -0.000000480. The van der Waals surface area contributed by atoms with E-state index in [1.54, 1.807) is 0 Å². The summed E-state index contributed by atoms with van der Waals surface area (Å²) in [5, 5.41) is 0. The topological polar surface area (TPSA) is 130 Å². The van der Waals surface area contributed by atoms with Crippen LogP contribution in [0.15, 0.2) is 0 Å². The second-order valence-corrected chi connectivity index (χ2v) is 3.89. The summed E-state index contributed by atoms with van der Waals surface area (Å²) < 4.78 is 11.0. The second-order valence-electron chi connectivity index (χ2n) is 3.89. The molecule has 0 aromatic rings. The Morgan fingerprint density at radius 1 is 1.00 bits per heavy atom. The van der Waals surface area contributed by atoms with E-state index in [1.807, 2.05) is 13.8 Å². The molecule has 0 aromatic heterocycles. The summed E-state index contributed by atoms with van der Waals surface area (Å²) in [6, 6.07) is 0. The number of ether oxygens (including phenoxy) is 2. The predicted molar refractivity (Wildman–Crippen MR) is 50.4 cm³/mol. The molecule has 96 valence electrons. The molecule has 1 saturated heterocycles. The van der Waals surface area contributed by atoms with E-state index in [9.17, 15) is 0 Å². The molecule has 1 aliphatic heterocycles. The maximum Gasteiger partial charge on any atom is 2.00 e. The molecular formula is C8H20N2O4Pt. The van der Waals surface area contributed by atoms with Crippen LogP contribution in [0.5, 0.6) is 0 Å². The minimum atomic E-state index is -0.478. The quantitative estimate of drug-likeness (QED) is 0.628. The smallest absolute Gasteiger partial charge is 0.870 e. The molecule has 6 N–H and O–H groups in total. The van der Waals surface area contributed by atoms with Gasteiger partial charge in [0.1, 0.15) is 0 Å². The van der Waals surface area contributed by atoms with Crippen LogP contribution in [0.1, 0.15) is 13.8 Å². The molecule has 0 spiro atoms. The van der Waals surface area contributed by atoms with Gasteiger partial charge in [-0.3, -0.25) is 0 Å². The van der Waals surface area contributed by atoms with Crippen molar-refractivity contribution in [2.75, 3.05) is 26.3 Å². The first kappa shape index (κ1) is 20.8. The van der Waals surface area contributed by atoms with Crippen LogP contribution in [0.2, 0.25) is 0 Å². The largest absolute Gasteiger partial charge is 2.00 e. The minimum absolute atomic E-state index is 0. The molecule has 0 bridgehead atoms. The van der Waals surface area contributed by atoms with Crippen molar-refractivity contribution in [3.8, 4) is 0 Å². The van der Waals surface area contributed by atoms with Gasteiger partial charge in [-0.25, -0.2) is 0 Å². The van der Waals surface area contributed by atoms with Gasteiger partial charge in [-0.1, -0.05) is 0 Å². The predicted octanol–water partition coefficient (Wildman–Crippen LogP) is -0.683. The molecule has 15 heavy (non-hydrogen) atoms. The summed E-state index contributed by atoms with van der Waals surface area (Å²) >= 11 is 0. The Morgan fingerprint density at radius 3 is 1.60 bits per heavy atom. The van der Waals surface area contributed by atoms with Gasteiger partial charge in [0.05, 0.1) is 13.2 Å². The molecular weight excluding hydrogens is 383 g/mol. The average Bonchev–Trinajstić information content (AvgIpc) is 2.06. The fourth-order valence-corrected chi connectivity index (χ4v) is 1.06. The summed E-state index contributed by atoms with van der Waals surface area (Å²) in [7, 11) is 0. The van der Waals surface area contributed by atoms with Crippen LogP contribution in [0.25, 0.3) is 0 Å². The molecule has 1 fully saturated rings. The Hall–Kier alpha value is 0.448. The average molecular weight is 403 g/mol. The standard InChI is InChI=1S/C8H18N2O2.2H2O.Pt/c1-7(2)11-5-8(3-9,4-10)6-12-7;;;/h3-6,9-10H2,1-2H3;2*1H2;/q;;;+2/p-2. The van der Waals surface area contributed by atoms with Crippen LogP contribution in [0, 0.1) is 5.41 Å². The number of hydrogen-bond acceptors (Lipinski definition) is 6. The molecule has 1 heterocycles. The molecule has 0 radical (unpaired) electrons. The normalized spacial score (nSPS) is 21.6. The molecule has 0 aliphatic carbocycles. The maximum absolute atomic E-state index is 5.60. The molecule has 1 rings (SSSR count). The van der Waals surface area contributed by atoms with Crippen molar-refractivity contribution in [2.45, 2.75) is 19.6 Å². The van der Waals surface area contributed by atoms with Gasteiger partial charge < -0.3 is 31.9 Å². The third kappa shape index (κ3) is 5.35. The van der Waals surface area contributed by atoms with Gasteiger partial charge in [0.15, 0.2) is 5.79 Å². The van der Waals surface area contributed by atoms with Crippen LogP contribution in [-0.4, -0.2) is 43.0 Å². The molecule has 7 heteroatoms. The van der Waals surface area contributed by atoms with E-state index < -0.39 is 5.79 Å². The molecule has 0 unspecified atom stereocenters. The van der Waals surface area contributed by atoms with Crippen molar-refractivity contribution in [1.82, 2.24) is 0 Å². The molecule has 0 saturated carbocycles. The van der Waals surface area contributed by atoms with Crippen LogP contribution in [-0.2, 0) is 30.5 Å². The summed E-state index contributed by atoms with van der Waals surface area (Å²) in [5.74, 6) is -0.478. The van der Waals surface area contributed by atoms with Gasteiger partial charge in [0.2, 0.25) is 0 Å². The van der Waals surface area contributed by atoms with Crippen molar-refractivity contribution in [3.63, 3.8) is 0 Å². The third-order valence-corrected chi connectivity index (χ3v) is 2.32. The second kappa shape index (κ2) is 7.68. The van der Waals surface area contributed by atoms with Crippen LogP contribution in [0.3, 0.4) is 0 Å². The van der Waals surface area contributed by atoms with Gasteiger partial charge in [-0.15, -0.1) is 0 Å². The zero-order chi connectivity index (χ0) is 9.24. The van der Waals surface area contributed by atoms with E-state index in [4.69, 9.17) is 20.9 Å². The van der Waals surface area contributed by atoms with Crippen LogP contribution in [0.4, 0.5) is 0 Å². The minimum Gasteiger partial charge on any atom is -0.870 e. The molecule has 1 aliphatic rings. The first-order valence-corrected chi connectivity index (χ1v) is 4.22. The van der Waals surface area contributed by atoms with Gasteiger partial charge >= 0.3 is 21.1 Å². The van der Waals surface area contributed by atoms with E-state index in [0.717, 1.165) is 0 Å². The summed E-state index contributed by atoms with van der Waals surface area (Å²) in [4.78, 5) is 0. The summed E-state index contributed by atoms with van der Waals surface area (Å²) in [6.07, 6.45) is 0. The zero-order valence-corrected chi connectivity index (χ0v) is 11.3. The van der Waals surface area contributed by atoms with Crippen molar-refractivity contribution < 1.29 is 41.5 Å².